The number of likely N-dealkylation sites (tertiary alicyclic amines) is 1. The first-order valence-electron chi connectivity index (χ1n) is 8.04. The maximum absolute atomic E-state index is 12.2. The van der Waals surface area contributed by atoms with Gasteiger partial charge in [0.25, 0.3) is 0 Å². The van der Waals surface area contributed by atoms with Crippen LogP contribution in [0.5, 0.6) is 0 Å². The van der Waals surface area contributed by atoms with E-state index in [1.165, 1.54) is 5.56 Å². The molecule has 0 unspecified atom stereocenters. The van der Waals surface area contributed by atoms with Crippen molar-refractivity contribution < 1.29 is 9.53 Å². The van der Waals surface area contributed by atoms with Gasteiger partial charge in [-0.25, -0.2) is 4.79 Å². The van der Waals surface area contributed by atoms with E-state index in [4.69, 9.17) is 10.5 Å². The number of hydrogen-bond acceptors (Lipinski definition) is 4. The molecule has 1 heterocycles. The molecule has 4 nitrogen and oxygen atoms in total. The van der Waals surface area contributed by atoms with Gasteiger partial charge in [-0.15, -0.1) is 0 Å². The third-order valence-corrected chi connectivity index (χ3v) is 4.24. The third-order valence-electron chi connectivity index (χ3n) is 4.24. The normalized spacial score (nSPS) is 16.2. The second kappa shape index (κ2) is 7.29. The maximum Gasteiger partial charge on any atom is 0.340 e. The molecule has 0 atom stereocenters. The van der Waals surface area contributed by atoms with Crippen LogP contribution in [-0.4, -0.2) is 30.1 Å². The summed E-state index contributed by atoms with van der Waals surface area (Å²) in [6.45, 7) is 2.83. The monoisotopic (exact) mass is 310 g/mol. The zero-order valence-corrected chi connectivity index (χ0v) is 13.2. The van der Waals surface area contributed by atoms with Crippen molar-refractivity contribution in [2.24, 2.45) is 0 Å². The lowest BCUT2D eigenvalue weighted by atomic mass is 10.1. The van der Waals surface area contributed by atoms with E-state index in [1.807, 2.05) is 12.1 Å². The van der Waals surface area contributed by atoms with Crippen molar-refractivity contribution in [3.05, 3.63) is 65.7 Å². The number of benzene rings is 2. The van der Waals surface area contributed by atoms with Crippen LogP contribution in [0.1, 0.15) is 28.8 Å². The SMILES string of the molecule is Nc1ccccc1C(=O)OC1CCN(Cc2ccccc2)CC1. The second-order valence-corrected chi connectivity index (χ2v) is 5.95. The Morgan fingerprint density at radius 2 is 1.70 bits per heavy atom. The average molecular weight is 310 g/mol. The molecule has 1 aliphatic rings. The third kappa shape index (κ3) is 4.11. The van der Waals surface area contributed by atoms with Crippen LogP contribution >= 0.6 is 0 Å². The van der Waals surface area contributed by atoms with Crippen LogP contribution in [0.15, 0.2) is 54.6 Å². The Labute approximate surface area is 136 Å². The Hall–Kier alpha value is -2.33. The molecular weight excluding hydrogens is 288 g/mol. The molecule has 2 aromatic rings. The van der Waals surface area contributed by atoms with Crippen LogP contribution in [0, 0.1) is 0 Å². The Morgan fingerprint density at radius 3 is 2.39 bits per heavy atom. The van der Waals surface area contributed by atoms with Crippen molar-refractivity contribution in [3.8, 4) is 0 Å². The molecule has 4 heteroatoms. The molecule has 0 radical (unpaired) electrons. The molecule has 1 saturated heterocycles. The molecule has 0 aromatic heterocycles. The fourth-order valence-corrected chi connectivity index (χ4v) is 2.92. The number of hydrogen-bond donors (Lipinski definition) is 1. The summed E-state index contributed by atoms with van der Waals surface area (Å²) in [6, 6.07) is 17.5. The van der Waals surface area contributed by atoms with Gasteiger partial charge in [0.05, 0.1) is 5.56 Å². The summed E-state index contributed by atoms with van der Waals surface area (Å²) in [5.41, 5.74) is 8.07. The van der Waals surface area contributed by atoms with Gasteiger partial charge in [0.1, 0.15) is 6.10 Å². The molecule has 23 heavy (non-hydrogen) atoms. The molecule has 2 aromatic carbocycles. The van der Waals surface area contributed by atoms with Crippen LogP contribution in [0.25, 0.3) is 0 Å². The lowest BCUT2D eigenvalue weighted by Gasteiger charge is -2.31. The predicted molar refractivity (Wildman–Crippen MR) is 91.0 cm³/mol. The number of esters is 1. The summed E-state index contributed by atoms with van der Waals surface area (Å²) >= 11 is 0. The number of nitrogen functional groups attached to an aromatic ring is 1. The molecule has 0 amide bonds. The minimum Gasteiger partial charge on any atom is -0.459 e. The van der Waals surface area contributed by atoms with Crippen molar-refractivity contribution in [2.45, 2.75) is 25.5 Å². The minimum atomic E-state index is -0.315. The van der Waals surface area contributed by atoms with Crippen LogP contribution in [-0.2, 0) is 11.3 Å². The van der Waals surface area contributed by atoms with E-state index in [0.717, 1.165) is 32.5 Å². The summed E-state index contributed by atoms with van der Waals surface area (Å²) in [7, 11) is 0. The van der Waals surface area contributed by atoms with Crippen molar-refractivity contribution in [1.82, 2.24) is 4.90 Å². The van der Waals surface area contributed by atoms with E-state index in [9.17, 15) is 4.79 Å². The number of piperidine rings is 1. The second-order valence-electron chi connectivity index (χ2n) is 5.95. The Kier molecular flexibility index (Phi) is 4.93. The number of nitrogens with two attached hydrogens (primary N) is 1. The molecule has 1 aliphatic heterocycles. The molecule has 0 bridgehead atoms. The van der Waals surface area contributed by atoms with Gasteiger partial charge in [0.2, 0.25) is 0 Å². The van der Waals surface area contributed by atoms with Crippen molar-refractivity contribution in [3.63, 3.8) is 0 Å². The lowest BCUT2D eigenvalue weighted by Crippen LogP contribution is -2.37. The number of anilines is 1. The molecule has 120 valence electrons. The van der Waals surface area contributed by atoms with Gasteiger partial charge in [-0.3, -0.25) is 4.90 Å². The minimum absolute atomic E-state index is 0.0193. The highest BCUT2D eigenvalue weighted by Gasteiger charge is 2.23. The van der Waals surface area contributed by atoms with Crippen LogP contribution in [0.4, 0.5) is 5.69 Å². The standard InChI is InChI=1S/C19H22N2O2/c20-18-9-5-4-8-17(18)19(22)23-16-10-12-21(13-11-16)14-15-6-2-1-3-7-15/h1-9,16H,10-14,20H2. The summed E-state index contributed by atoms with van der Waals surface area (Å²) in [5, 5.41) is 0. The molecular formula is C19H22N2O2. The van der Waals surface area contributed by atoms with Crippen LogP contribution in [0.2, 0.25) is 0 Å². The van der Waals surface area contributed by atoms with Crippen molar-refractivity contribution in [2.75, 3.05) is 18.8 Å². The fraction of sp³-hybridized carbons (Fsp3) is 0.316. The van der Waals surface area contributed by atoms with Gasteiger partial charge in [0.15, 0.2) is 0 Å². The lowest BCUT2D eigenvalue weighted by molar-refractivity contribution is 0.0105. The zero-order chi connectivity index (χ0) is 16.1. The molecule has 3 rings (SSSR count). The highest BCUT2D eigenvalue weighted by molar-refractivity contribution is 5.95. The van der Waals surface area contributed by atoms with Gasteiger partial charge >= 0.3 is 5.97 Å². The van der Waals surface area contributed by atoms with Gasteiger partial charge in [-0.05, 0) is 30.5 Å². The van der Waals surface area contributed by atoms with Gasteiger partial charge in [-0.1, -0.05) is 42.5 Å². The quantitative estimate of drug-likeness (QED) is 0.696. The topological polar surface area (TPSA) is 55.6 Å². The maximum atomic E-state index is 12.2. The molecule has 0 aliphatic carbocycles. The van der Waals surface area contributed by atoms with Crippen molar-refractivity contribution in [1.29, 1.82) is 0 Å². The Balaban J connectivity index is 1.49. The average Bonchev–Trinajstić information content (AvgIpc) is 2.58. The fourth-order valence-electron chi connectivity index (χ4n) is 2.92. The Morgan fingerprint density at radius 1 is 1.04 bits per heavy atom. The number of para-hydroxylation sites is 1. The highest BCUT2D eigenvalue weighted by atomic mass is 16.5. The van der Waals surface area contributed by atoms with Gasteiger partial charge in [-0.2, -0.15) is 0 Å². The number of carbonyl (C=O) groups is 1. The van der Waals surface area contributed by atoms with Gasteiger partial charge in [0, 0.05) is 25.3 Å². The van der Waals surface area contributed by atoms with E-state index < -0.39 is 0 Å². The first kappa shape index (κ1) is 15.6. The van der Waals surface area contributed by atoms with E-state index in [-0.39, 0.29) is 12.1 Å². The Bertz CT molecular complexity index is 649. The van der Waals surface area contributed by atoms with Crippen molar-refractivity contribution >= 4 is 11.7 Å². The number of carbonyl (C=O) groups excluding carboxylic acids is 1. The summed E-state index contributed by atoms with van der Waals surface area (Å²) in [5.74, 6) is -0.315. The van der Waals surface area contributed by atoms with Gasteiger partial charge < -0.3 is 10.5 Å². The van der Waals surface area contributed by atoms with E-state index >= 15 is 0 Å². The summed E-state index contributed by atoms with van der Waals surface area (Å²) in [4.78, 5) is 14.6. The van der Waals surface area contributed by atoms with Crippen LogP contribution in [0.3, 0.4) is 0 Å². The number of rotatable bonds is 4. The molecule has 2 N–H and O–H groups in total. The number of ether oxygens (including phenoxy) is 1. The predicted octanol–water partition coefficient (Wildman–Crippen LogP) is 3.09. The largest absolute Gasteiger partial charge is 0.459 e. The molecule has 0 saturated carbocycles. The first-order chi connectivity index (χ1) is 11.2. The smallest absolute Gasteiger partial charge is 0.340 e. The van der Waals surface area contributed by atoms with E-state index in [2.05, 4.69) is 29.2 Å². The molecule has 0 spiro atoms. The zero-order valence-electron chi connectivity index (χ0n) is 13.2. The summed E-state index contributed by atoms with van der Waals surface area (Å²) < 4.78 is 5.61. The first-order valence-corrected chi connectivity index (χ1v) is 8.04. The summed E-state index contributed by atoms with van der Waals surface area (Å²) in [6.07, 6.45) is 1.71. The van der Waals surface area contributed by atoms with E-state index in [0.29, 0.717) is 11.3 Å². The van der Waals surface area contributed by atoms with Crippen LogP contribution < -0.4 is 5.73 Å². The van der Waals surface area contributed by atoms with E-state index in [1.54, 1.807) is 18.2 Å². The molecule has 1 fully saturated rings. The number of nitrogens with zero attached hydrogens (tertiary/aromatic N) is 1. The highest BCUT2D eigenvalue weighted by Crippen LogP contribution is 2.19.